The number of rotatable bonds is 4. The second-order valence-corrected chi connectivity index (χ2v) is 8.25. The molecular weight excluding hydrogens is 425 g/mol. The molecule has 0 amide bonds. The third-order valence-corrected chi connectivity index (χ3v) is 4.66. The highest BCUT2D eigenvalue weighted by Gasteiger charge is 2.24. The Hall–Kier alpha value is -3.56. The van der Waals surface area contributed by atoms with Crippen LogP contribution in [0.25, 0.3) is 16.7 Å². The van der Waals surface area contributed by atoms with E-state index >= 15 is 0 Å². The van der Waals surface area contributed by atoms with Crippen LogP contribution >= 0.6 is 0 Å². The van der Waals surface area contributed by atoms with Crippen LogP contribution in [0, 0.1) is 24.4 Å². The molecule has 0 aliphatic heterocycles. The summed E-state index contributed by atoms with van der Waals surface area (Å²) in [6.45, 7) is 8.26. The van der Waals surface area contributed by atoms with Crippen molar-refractivity contribution in [3.05, 3.63) is 57.1 Å². The third-order valence-electron chi connectivity index (χ3n) is 4.66. The molecule has 3 aromatic rings. The van der Waals surface area contributed by atoms with Crippen LogP contribution in [0.3, 0.4) is 0 Å². The van der Waals surface area contributed by atoms with Gasteiger partial charge in [-0.2, -0.15) is 0 Å². The number of anilines is 2. The number of hydrogen-bond acceptors (Lipinski definition) is 6. The number of esters is 1. The highest BCUT2D eigenvalue weighted by atomic mass is 19.1. The number of carbonyl (C=O) groups excluding carboxylic acids is 1. The molecule has 10 heteroatoms. The SMILES string of the molecule is CCOC(=O)c1cn(-c2nc(NC(C)(C)C)c(F)cc2F)c2c(C)c(N)c(F)cc2c1=O. The van der Waals surface area contributed by atoms with E-state index in [1.165, 1.54) is 6.92 Å². The number of benzene rings is 1. The van der Waals surface area contributed by atoms with Gasteiger partial charge >= 0.3 is 5.97 Å². The Morgan fingerprint density at radius 3 is 2.44 bits per heavy atom. The van der Waals surface area contributed by atoms with Crippen LogP contribution in [-0.4, -0.2) is 27.7 Å². The second-order valence-electron chi connectivity index (χ2n) is 8.25. The van der Waals surface area contributed by atoms with Gasteiger partial charge in [0, 0.05) is 17.8 Å². The van der Waals surface area contributed by atoms with Crippen LogP contribution in [-0.2, 0) is 4.74 Å². The summed E-state index contributed by atoms with van der Waals surface area (Å²) in [6.07, 6.45) is 1.04. The number of carbonyl (C=O) groups is 1. The van der Waals surface area contributed by atoms with Gasteiger partial charge in [0.25, 0.3) is 0 Å². The summed E-state index contributed by atoms with van der Waals surface area (Å²) in [7, 11) is 0. The van der Waals surface area contributed by atoms with Gasteiger partial charge in [0.1, 0.15) is 11.4 Å². The maximum Gasteiger partial charge on any atom is 0.343 e. The molecule has 32 heavy (non-hydrogen) atoms. The van der Waals surface area contributed by atoms with Crippen molar-refractivity contribution < 1.29 is 22.7 Å². The molecule has 0 aliphatic carbocycles. The van der Waals surface area contributed by atoms with Crippen LogP contribution in [0.1, 0.15) is 43.6 Å². The van der Waals surface area contributed by atoms with E-state index in [0.717, 1.165) is 16.8 Å². The van der Waals surface area contributed by atoms with Gasteiger partial charge in [-0.15, -0.1) is 0 Å². The molecule has 0 fully saturated rings. The van der Waals surface area contributed by atoms with Crippen molar-refractivity contribution in [3.63, 3.8) is 0 Å². The molecule has 0 spiro atoms. The molecular formula is C22H23F3N4O3. The predicted octanol–water partition coefficient (Wildman–Crippen LogP) is 4.08. The number of pyridine rings is 2. The van der Waals surface area contributed by atoms with Gasteiger partial charge in [-0.25, -0.2) is 22.9 Å². The fraction of sp³-hybridized carbons (Fsp3) is 0.318. The molecule has 2 heterocycles. The van der Waals surface area contributed by atoms with Crippen LogP contribution in [0.15, 0.2) is 23.1 Å². The minimum atomic E-state index is -1.07. The Labute approximate surface area is 182 Å². The smallest absolute Gasteiger partial charge is 0.343 e. The number of aryl methyl sites for hydroxylation is 1. The molecule has 2 aromatic heterocycles. The van der Waals surface area contributed by atoms with Crippen molar-refractivity contribution in [2.24, 2.45) is 0 Å². The lowest BCUT2D eigenvalue weighted by Crippen LogP contribution is -2.28. The molecule has 0 unspecified atom stereocenters. The lowest BCUT2D eigenvalue weighted by molar-refractivity contribution is 0.0524. The van der Waals surface area contributed by atoms with E-state index < -0.39 is 45.8 Å². The van der Waals surface area contributed by atoms with Gasteiger partial charge in [-0.1, -0.05) is 0 Å². The molecule has 0 aliphatic rings. The minimum absolute atomic E-state index is 0.0196. The molecule has 0 bridgehead atoms. The number of nitrogen functional groups attached to an aromatic ring is 1. The first-order valence-electron chi connectivity index (χ1n) is 9.81. The van der Waals surface area contributed by atoms with Crippen LogP contribution < -0.4 is 16.5 Å². The maximum absolute atomic E-state index is 14.9. The van der Waals surface area contributed by atoms with E-state index in [2.05, 4.69) is 10.3 Å². The van der Waals surface area contributed by atoms with Crippen LogP contribution in [0.5, 0.6) is 0 Å². The Balaban J connectivity index is 2.46. The van der Waals surface area contributed by atoms with Crippen molar-refractivity contribution >= 4 is 28.4 Å². The Kier molecular flexibility index (Phi) is 5.90. The predicted molar refractivity (Wildman–Crippen MR) is 116 cm³/mol. The highest BCUT2D eigenvalue weighted by Crippen LogP contribution is 2.29. The Morgan fingerprint density at radius 1 is 1.19 bits per heavy atom. The average molecular weight is 448 g/mol. The standard InChI is InChI=1S/C22H23F3N4O3/c1-6-32-21(31)12-9-29(17-10(2)16(26)13(23)7-11(17)18(12)30)20-15(25)8-14(24)19(27-20)28-22(3,4)5/h7-9H,6,26H2,1-5H3,(H,27,28). The lowest BCUT2D eigenvalue weighted by atomic mass is 10.0. The Bertz CT molecular complexity index is 1300. The first-order chi connectivity index (χ1) is 14.9. The number of halogens is 3. The molecule has 7 nitrogen and oxygen atoms in total. The number of nitrogens with zero attached hydrogens (tertiary/aromatic N) is 2. The fourth-order valence-corrected chi connectivity index (χ4v) is 3.25. The van der Waals surface area contributed by atoms with E-state index in [1.54, 1.807) is 27.7 Å². The van der Waals surface area contributed by atoms with Crippen LogP contribution in [0.2, 0.25) is 0 Å². The molecule has 1 aromatic carbocycles. The van der Waals surface area contributed by atoms with E-state index in [-0.39, 0.29) is 34.6 Å². The van der Waals surface area contributed by atoms with Crippen molar-refractivity contribution in [2.45, 2.75) is 40.2 Å². The van der Waals surface area contributed by atoms with E-state index in [4.69, 9.17) is 10.5 Å². The summed E-state index contributed by atoms with van der Waals surface area (Å²) in [6, 6.07) is 1.50. The summed E-state index contributed by atoms with van der Waals surface area (Å²) < 4.78 is 49.7. The molecule has 0 saturated heterocycles. The summed E-state index contributed by atoms with van der Waals surface area (Å²) in [5.74, 6) is -4.50. The largest absolute Gasteiger partial charge is 0.462 e. The number of nitrogens with two attached hydrogens (primary N) is 1. The van der Waals surface area contributed by atoms with Crippen LogP contribution in [0.4, 0.5) is 24.7 Å². The summed E-state index contributed by atoms with van der Waals surface area (Å²) in [4.78, 5) is 29.4. The molecule has 0 atom stereocenters. The maximum atomic E-state index is 14.9. The monoisotopic (exact) mass is 448 g/mol. The van der Waals surface area contributed by atoms with Gasteiger partial charge < -0.3 is 15.8 Å². The van der Waals surface area contributed by atoms with E-state index in [9.17, 15) is 22.8 Å². The van der Waals surface area contributed by atoms with Gasteiger partial charge in [0.15, 0.2) is 23.3 Å². The number of nitrogens with one attached hydrogen (secondary N) is 1. The zero-order valence-electron chi connectivity index (χ0n) is 18.3. The first kappa shape index (κ1) is 23.1. The fourth-order valence-electron chi connectivity index (χ4n) is 3.25. The van der Waals surface area contributed by atoms with Crippen molar-refractivity contribution in [1.29, 1.82) is 0 Å². The quantitative estimate of drug-likeness (QED) is 0.461. The lowest BCUT2D eigenvalue weighted by Gasteiger charge is -2.23. The normalized spacial score (nSPS) is 11.6. The second kappa shape index (κ2) is 8.18. The highest BCUT2D eigenvalue weighted by molar-refractivity contribution is 5.96. The number of hydrogen-bond donors (Lipinski definition) is 2. The summed E-state index contributed by atoms with van der Waals surface area (Å²) in [5, 5.41) is 2.61. The summed E-state index contributed by atoms with van der Waals surface area (Å²) >= 11 is 0. The summed E-state index contributed by atoms with van der Waals surface area (Å²) in [5.41, 5.74) is 3.82. The molecule has 3 N–H and O–H groups in total. The molecule has 170 valence electrons. The van der Waals surface area contributed by atoms with Gasteiger partial charge in [-0.3, -0.25) is 9.36 Å². The van der Waals surface area contributed by atoms with E-state index in [0.29, 0.717) is 6.07 Å². The number of aromatic nitrogens is 2. The minimum Gasteiger partial charge on any atom is -0.462 e. The zero-order valence-corrected chi connectivity index (χ0v) is 18.3. The Morgan fingerprint density at radius 2 is 1.84 bits per heavy atom. The molecule has 0 radical (unpaired) electrons. The van der Waals surface area contributed by atoms with Crippen molar-refractivity contribution in [3.8, 4) is 5.82 Å². The first-order valence-corrected chi connectivity index (χ1v) is 9.81. The van der Waals surface area contributed by atoms with E-state index in [1.807, 2.05) is 0 Å². The van der Waals surface area contributed by atoms with Crippen molar-refractivity contribution in [2.75, 3.05) is 17.7 Å². The zero-order chi connectivity index (χ0) is 24.0. The van der Waals surface area contributed by atoms with Gasteiger partial charge in [-0.05, 0) is 46.2 Å². The van der Waals surface area contributed by atoms with Gasteiger partial charge in [0.05, 0.1) is 23.2 Å². The topological polar surface area (TPSA) is 99.2 Å². The molecule has 3 rings (SSSR count). The third kappa shape index (κ3) is 4.12. The number of fused-ring (bicyclic) bond motifs is 1. The van der Waals surface area contributed by atoms with Gasteiger partial charge in [0.2, 0.25) is 5.43 Å². The van der Waals surface area contributed by atoms with Crippen molar-refractivity contribution in [1.82, 2.24) is 9.55 Å². The average Bonchev–Trinajstić information content (AvgIpc) is 2.68. The molecule has 0 saturated carbocycles. The number of ether oxygens (including phenoxy) is 1.